The van der Waals surface area contributed by atoms with Gasteiger partial charge in [0.2, 0.25) is 0 Å². The molecule has 0 aliphatic rings. The van der Waals surface area contributed by atoms with Crippen LogP contribution in [0.2, 0.25) is 0 Å². The zero-order chi connectivity index (χ0) is 13.3. The van der Waals surface area contributed by atoms with E-state index in [1.54, 1.807) is 6.92 Å². The average molecular weight is 251 g/mol. The molecule has 0 radical (unpaired) electrons. The fraction of sp³-hybridized carbons (Fsp3) is 0.400. The predicted molar refractivity (Wildman–Crippen MR) is 59.8 cm³/mol. The highest BCUT2D eigenvalue weighted by molar-refractivity contribution is 6.15. The number of hydrogen-bond donors (Lipinski definition) is 2. The standard InChI is InChI=1S/C6H9ClO3.C4H6O2/c1-3-5(8)4(2)6(9)10-7;1-3(2)4(5)6/h5,8H,2-3H2,1H3;1H2,2H3,(H,5,6). The lowest BCUT2D eigenvalue weighted by Gasteiger charge is -2.06. The van der Waals surface area contributed by atoms with Gasteiger partial charge in [0.1, 0.15) is 11.9 Å². The fourth-order valence-corrected chi connectivity index (χ4v) is 0.531. The number of hydrogen-bond acceptors (Lipinski definition) is 4. The first-order valence-corrected chi connectivity index (χ1v) is 4.67. The second-order valence-corrected chi connectivity index (χ2v) is 3.05. The third-order valence-electron chi connectivity index (χ3n) is 1.49. The van der Waals surface area contributed by atoms with Crippen molar-refractivity contribution in [2.24, 2.45) is 0 Å². The first-order chi connectivity index (χ1) is 7.27. The van der Waals surface area contributed by atoms with E-state index in [0.717, 1.165) is 0 Å². The number of carbonyl (C=O) groups excluding carboxylic acids is 1. The Labute approximate surface area is 99.2 Å². The average Bonchev–Trinajstić information content (AvgIpc) is 2.26. The molecule has 92 valence electrons. The lowest BCUT2D eigenvalue weighted by atomic mass is 10.1. The number of aliphatic carboxylic acids is 1. The van der Waals surface area contributed by atoms with Crippen LogP contribution < -0.4 is 0 Å². The number of halogens is 1. The van der Waals surface area contributed by atoms with Gasteiger partial charge in [0, 0.05) is 5.57 Å². The van der Waals surface area contributed by atoms with Gasteiger partial charge in [-0.05, 0) is 13.3 Å². The van der Waals surface area contributed by atoms with Crippen molar-refractivity contribution < 1.29 is 24.1 Å². The number of carbonyl (C=O) groups is 2. The van der Waals surface area contributed by atoms with E-state index in [1.165, 1.54) is 6.92 Å². The van der Waals surface area contributed by atoms with Gasteiger partial charge in [-0.2, -0.15) is 0 Å². The van der Waals surface area contributed by atoms with E-state index in [0.29, 0.717) is 6.42 Å². The summed E-state index contributed by atoms with van der Waals surface area (Å²) in [6.45, 7) is 9.61. The summed E-state index contributed by atoms with van der Waals surface area (Å²) in [7, 11) is 0. The Bertz CT molecular complexity index is 273. The summed E-state index contributed by atoms with van der Waals surface area (Å²) in [5, 5.41) is 16.9. The molecule has 6 heteroatoms. The van der Waals surface area contributed by atoms with Crippen LogP contribution in [0.4, 0.5) is 0 Å². The van der Waals surface area contributed by atoms with Gasteiger partial charge in [0.15, 0.2) is 0 Å². The van der Waals surface area contributed by atoms with Gasteiger partial charge in [-0.25, -0.2) is 9.59 Å². The van der Waals surface area contributed by atoms with E-state index >= 15 is 0 Å². The number of rotatable bonds is 4. The molecular weight excluding hydrogens is 236 g/mol. The molecule has 16 heavy (non-hydrogen) atoms. The molecule has 0 heterocycles. The fourth-order valence-electron chi connectivity index (χ4n) is 0.432. The SMILES string of the molecule is C=C(C(=O)OCl)C(O)CC.C=C(C)C(=O)O. The van der Waals surface area contributed by atoms with Crippen molar-refractivity contribution in [1.29, 1.82) is 0 Å². The highest BCUT2D eigenvalue weighted by Crippen LogP contribution is 2.06. The molecule has 0 aliphatic carbocycles. The smallest absolute Gasteiger partial charge is 0.354 e. The second-order valence-electron chi connectivity index (χ2n) is 2.90. The van der Waals surface area contributed by atoms with E-state index < -0.39 is 18.0 Å². The molecule has 0 saturated heterocycles. The third-order valence-corrected chi connectivity index (χ3v) is 1.63. The van der Waals surface area contributed by atoms with Gasteiger partial charge < -0.3 is 14.5 Å². The molecule has 1 atom stereocenters. The Morgan fingerprint density at radius 2 is 1.81 bits per heavy atom. The van der Waals surface area contributed by atoms with Crippen molar-refractivity contribution in [2.75, 3.05) is 0 Å². The summed E-state index contributed by atoms with van der Waals surface area (Å²) in [6, 6.07) is 0. The summed E-state index contributed by atoms with van der Waals surface area (Å²) < 4.78 is 3.81. The summed E-state index contributed by atoms with van der Waals surface area (Å²) in [5.74, 6) is -1.72. The van der Waals surface area contributed by atoms with Crippen LogP contribution in [0.5, 0.6) is 0 Å². The lowest BCUT2D eigenvalue weighted by Crippen LogP contribution is -2.15. The zero-order valence-electron chi connectivity index (χ0n) is 9.20. The first-order valence-electron chi connectivity index (χ1n) is 4.36. The molecule has 5 nitrogen and oxygen atoms in total. The van der Waals surface area contributed by atoms with Crippen molar-refractivity contribution in [3.63, 3.8) is 0 Å². The van der Waals surface area contributed by atoms with Crippen LogP contribution in [0.15, 0.2) is 24.3 Å². The molecule has 0 saturated carbocycles. The van der Waals surface area contributed by atoms with Gasteiger partial charge in [-0.15, -0.1) is 0 Å². The van der Waals surface area contributed by atoms with Gasteiger partial charge in [-0.1, -0.05) is 20.1 Å². The lowest BCUT2D eigenvalue weighted by molar-refractivity contribution is -0.132. The van der Waals surface area contributed by atoms with Crippen LogP contribution in [0.1, 0.15) is 20.3 Å². The molecule has 0 aromatic carbocycles. The van der Waals surface area contributed by atoms with E-state index in [4.69, 9.17) is 22.1 Å². The van der Waals surface area contributed by atoms with E-state index in [-0.39, 0.29) is 11.1 Å². The Kier molecular flexibility index (Phi) is 9.54. The Morgan fingerprint density at radius 3 is 2.00 bits per heavy atom. The van der Waals surface area contributed by atoms with Crippen molar-refractivity contribution in [3.05, 3.63) is 24.3 Å². The number of aliphatic hydroxyl groups is 1. The normalized spacial score (nSPS) is 10.5. The van der Waals surface area contributed by atoms with E-state index in [2.05, 4.69) is 17.4 Å². The second kappa shape index (κ2) is 8.94. The monoisotopic (exact) mass is 250 g/mol. The maximum atomic E-state index is 10.5. The van der Waals surface area contributed by atoms with Gasteiger partial charge in [0.25, 0.3) is 0 Å². The Morgan fingerprint density at radius 1 is 1.44 bits per heavy atom. The highest BCUT2D eigenvalue weighted by atomic mass is 35.5. The molecule has 0 aliphatic heterocycles. The highest BCUT2D eigenvalue weighted by Gasteiger charge is 2.15. The number of aliphatic hydroxyl groups excluding tert-OH is 1. The molecule has 0 aromatic rings. The van der Waals surface area contributed by atoms with Crippen molar-refractivity contribution in [3.8, 4) is 0 Å². The quantitative estimate of drug-likeness (QED) is 0.742. The number of carboxylic acid groups (broad SMARTS) is 1. The first kappa shape index (κ1) is 17.1. The van der Waals surface area contributed by atoms with Crippen LogP contribution >= 0.6 is 11.9 Å². The van der Waals surface area contributed by atoms with E-state index in [9.17, 15) is 9.59 Å². The molecule has 0 rings (SSSR count). The largest absolute Gasteiger partial charge is 0.478 e. The molecule has 0 amide bonds. The molecule has 0 aromatic heterocycles. The van der Waals surface area contributed by atoms with Crippen molar-refractivity contribution >= 4 is 23.8 Å². The summed E-state index contributed by atoms with van der Waals surface area (Å²) in [6.07, 6.45) is -0.434. The van der Waals surface area contributed by atoms with Gasteiger partial charge >= 0.3 is 11.9 Å². The minimum Gasteiger partial charge on any atom is -0.478 e. The van der Waals surface area contributed by atoms with Gasteiger partial charge in [0.05, 0.1) is 11.7 Å². The van der Waals surface area contributed by atoms with Gasteiger partial charge in [-0.3, -0.25) is 0 Å². The maximum absolute atomic E-state index is 10.5. The van der Waals surface area contributed by atoms with Crippen LogP contribution in [0.3, 0.4) is 0 Å². The molecule has 2 N–H and O–H groups in total. The maximum Gasteiger partial charge on any atom is 0.354 e. The van der Waals surface area contributed by atoms with Crippen molar-refractivity contribution in [2.45, 2.75) is 26.4 Å². The number of carboxylic acids is 1. The van der Waals surface area contributed by atoms with E-state index in [1.807, 2.05) is 0 Å². The minimum atomic E-state index is -0.935. The predicted octanol–water partition coefficient (Wildman–Crippen LogP) is 1.66. The summed E-state index contributed by atoms with van der Waals surface area (Å²) in [4.78, 5) is 20.1. The van der Waals surface area contributed by atoms with Crippen molar-refractivity contribution in [1.82, 2.24) is 0 Å². The van der Waals surface area contributed by atoms with Crippen LogP contribution in [0.25, 0.3) is 0 Å². The zero-order valence-corrected chi connectivity index (χ0v) is 9.95. The van der Waals surface area contributed by atoms with Crippen LogP contribution in [0, 0.1) is 0 Å². The summed E-state index contributed by atoms with van der Waals surface area (Å²) in [5.41, 5.74) is 0.160. The minimum absolute atomic E-state index is 0.0162. The molecule has 0 spiro atoms. The topological polar surface area (TPSA) is 83.8 Å². The molecule has 1 unspecified atom stereocenters. The molecule has 0 fully saturated rings. The van der Waals surface area contributed by atoms with Crippen LogP contribution in [-0.4, -0.2) is 28.3 Å². The van der Waals surface area contributed by atoms with Crippen LogP contribution in [-0.2, 0) is 13.9 Å². The third kappa shape index (κ3) is 8.02. The molecule has 0 bridgehead atoms. The Hall–Kier alpha value is -1.33. The molecular formula is C10H15ClO5. The Balaban J connectivity index is 0. The summed E-state index contributed by atoms with van der Waals surface area (Å²) >= 11 is 4.73.